The van der Waals surface area contributed by atoms with Crippen LogP contribution in [-0.4, -0.2) is 49.6 Å². The van der Waals surface area contributed by atoms with Crippen LogP contribution >= 0.6 is 0 Å². The predicted octanol–water partition coefficient (Wildman–Crippen LogP) is 1.90. The van der Waals surface area contributed by atoms with Gasteiger partial charge in [-0.2, -0.15) is 0 Å². The summed E-state index contributed by atoms with van der Waals surface area (Å²) in [6.07, 6.45) is 0.966. The first kappa shape index (κ1) is 16.0. The van der Waals surface area contributed by atoms with E-state index in [9.17, 15) is 4.79 Å². The molecule has 1 unspecified atom stereocenters. The molecule has 1 N–H and O–H groups in total. The van der Waals surface area contributed by atoms with E-state index in [1.165, 1.54) is 5.56 Å². The van der Waals surface area contributed by atoms with Gasteiger partial charge in [-0.15, -0.1) is 0 Å². The van der Waals surface area contributed by atoms with Gasteiger partial charge in [0, 0.05) is 25.3 Å². The average Bonchev–Trinajstić information content (AvgIpc) is 2.94. The Kier molecular flexibility index (Phi) is 5.76. The maximum Gasteiger partial charge on any atom is 0.243 e. The SMILES string of the molecule is CCN(CC)CCNC(C)C(=O)N1CCc2ccccc21. The predicted molar refractivity (Wildman–Crippen MR) is 87.8 cm³/mol. The number of rotatable bonds is 7. The molecule has 0 saturated heterocycles. The van der Waals surface area contributed by atoms with Crippen molar-refractivity contribution in [3.63, 3.8) is 0 Å². The van der Waals surface area contributed by atoms with Crippen LogP contribution in [0.1, 0.15) is 26.3 Å². The maximum atomic E-state index is 12.6. The molecule has 21 heavy (non-hydrogen) atoms. The molecule has 4 nitrogen and oxygen atoms in total. The first-order valence-electron chi connectivity index (χ1n) is 8.02. The van der Waals surface area contributed by atoms with Gasteiger partial charge < -0.3 is 15.1 Å². The third-order valence-corrected chi connectivity index (χ3v) is 4.30. The number of para-hydroxylation sites is 1. The van der Waals surface area contributed by atoms with Crippen LogP contribution in [-0.2, 0) is 11.2 Å². The molecule has 1 aliphatic heterocycles. The zero-order valence-electron chi connectivity index (χ0n) is 13.4. The number of carbonyl (C=O) groups is 1. The van der Waals surface area contributed by atoms with E-state index >= 15 is 0 Å². The van der Waals surface area contributed by atoms with Gasteiger partial charge in [-0.1, -0.05) is 32.0 Å². The second-order valence-corrected chi connectivity index (χ2v) is 5.57. The zero-order chi connectivity index (χ0) is 15.2. The number of fused-ring (bicyclic) bond motifs is 1. The summed E-state index contributed by atoms with van der Waals surface area (Å²) < 4.78 is 0. The van der Waals surface area contributed by atoms with Gasteiger partial charge in [0.2, 0.25) is 5.91 Å². The van der Waals surface area contributed by atoms with Gasteiger partial charge in [0.15, 0.2) is 0 Å². The quantitative estimate of drug-likeness (QED) is 0.833. The van der Waals surface area contributed by atoms with Gasteiger partial charge in [-0.3, -0.25) is 4.79 Å². The van der Waals surface area contributed by atoms with Crippen molar-refractivity contribution < 1.29 is 4.79 Å². The summed E-state index contributed by atoms with van der Waals surface area (Å²) in [4.78, 5) is 16.9. The number of hydrogen-bond acceptors (Lipinski definition) is 3. The summed E-state index contributed by atoms with van der Waals surface area (Å²) in [7, 11) is 0. The summed E-state index contributed by atoms with van der Waals surface area (Å²) in [5.74, 6) is 0.180. The van der Waals surface area contributed by atoms with E-state index in [4.69, 9.17) is 0 Å². The molecule has 1 aromatic carbocycles. The molecule has 4 heteroatoms. The number of likely N-dealkylation sites (N-methyl/N-ethyl adjacent to an activating group) is 1. The first-order valence-corrected chi connectivity index (χ1v) is 8.02. The highest BCUT2D eigenvalue weighted by Gasteiger charge is 2.27. The standard InChI is InChI=1S/C17H27N3O/c1-4-19(5-2)13-11-18-14(3)17(21)20-12-10-15-8-6-7-9-16(15)20/h6-9,14,18H,4-5,10-13H2,1-3H3. The van der Waals surface area contributed by atoms with Crippen molar-refractivity contribution in [2.24, 2.45) is 0 Å². The fourth-order valence-corrected chi connectivity index (χ4v) is 2.87. The Morgan fingerprint density at radius 2 is 2.05 bits per heavy atom. The third-order valence-electron chi connectivity index (χ3n) is 4.30. The van der Waals surface area contributed by atoms with Crippen LogP contribution < -0.4 is 10.2 Å². The molecule has 2 rings (SSSR count). The normalized spacial score (nSPS) is 15.3. The smallest absolute Gasteiger partial charge is 0.243 e. The minimum Gasteiger partial charge on any atom is -0.310 e. The molecule has 0 radical (unpaired) electrons. The van der Waals surface area contributed by atoms with E-state index in [-0.39, 0.29) is 11.9 Å². The molecule has 0 bridgehead atoms. The fraction of sp³-hybridized carbons (Fsp3) is 0.588. The lowest BCUT2D eigenvalue weighted by Gasteiger charge is -2.24. The van der Waals surface area contributed by atoms with Crippen LogP contribution in [0.2, 0.25) is 0 Å². The number of amides is 1. The summed E-state index contributed by atoms with van der Waals surface area (Å²) >= 11 is 0. The van der Waals surface area contributed by atoms with Crippen LogP contribution in [0, 0.1) is 0 Å². The third kappa shape index (κ3) is 3.83. The van der Waals surface area contributed by atoms with Crippen molar-refractivity contribution in [1.29, 1.82) is 0 Å². The summed E-state index contributed by atoms with van der Waals surface area (Å²) in [6, 6.07) is 8.07. The van der Waals surface area contributed by atoms with E-state index in [1.807, 2.05) is 30.0 Å². The molecule has 0 aliphatic carbocycles. The molecule has 1 atom stereocenters. The lowest BCUT2D eigenvalue weighted by Crippen LogP contribution is -2.46. The second kappa shape index (κ2) is 7.57. The van der Waals surface area contributed by atoms with Gasteiger partial charge in [0.25, 0.3) is 0 Å². The van der Waals surface area contributed by atoms with Gasteiger partial charge >= 0.3 is 0 Å². The monoisotopic (exact) mass is 289 g/mol. The number of nitrogens with one attached hydrogen (secondary N) is 1. The Hall–Kier alpha value is -1.39. The van der Waals surface area contributed by atoms with Crippen molar-refractivity contribution in [3.05, 3.63) is 29.8 Å². The Labute approximate surface area is 128 Å². The fourth-order valence-electron chi connectivity index (χ4n) is 2.87. The van der Waals surface area contributed by atoms with Crippen molar-refractivity contribution in [2.45, 2.75) is 33.2 Å². The van der Waals surface area contributed by atoms with E-state index in [1.54, 1.807) is 0 Å². The maximum absolute atomic E-state index is 12.6. The Morgan fingerprint density at radius 3 is 2.76 bits per heavy atom. The number of carbonyl (C=O) groups excluding carboxylic acids is 1. The highest BCUT2D eigenvalue weighted by atomic mass is 16.2. The number of hydrogen-bond donors (Lipinski definition) is 1. The molecule has 1 aliphatic rings. The highest BCUT2D eigenvalue weighted by Crippen LogP contribution is 2.27. The van der Waals surface area contributed by atoms with Crippen LogP contribution in [0.4, 0.5) is 5.69 Å². The molecule has 1 heterocycles. The molecule has 0 fully saturated rings. The molecular formula is C17H27N3O. The van der Waals surface area contributed by atoms with Crippen LogP contribution in [0.5, 0.6) is 0 Å². The van der Waals surface area contributed by atoms with E-state index in [0.717, 1.165) is 44.8 Å². The molecule has 0 spiro atoms. The van der Waals surface area contributed by atoms with Crippen molar-refractivity contribution >= 4 is 11.6 Å². The van der Waals surface area contributed by atoms with Gasteiger partial charge in [0.05, 0.1) is 6.04 Å². The molecular weight excluding hydrogens is 262 g/mol. The zero-order valence-corrected chi connectivity index (χ0v) is 13.4. The summed E-state index contributed by atoms with van der Waals surface area (Å²) in [6.45, 7) is 11.1. The topological polar surface area (TPSA) is 35.6 Å². The van der Waals surface area contributed by atoms with E-state index < -0.39 is 0 Å². The molecule has 1 amide bonds. The number of benzene rings is 1. The van der Waals surface area contributed by atoms with Gasteiger partial charge in [-0.25, -0.2) is 0 Å². The van der Waals surface area contributed by atoms with Crippen molar-refractivity contribution in [3.8, 4) is 0 Å². The highest BCUT2D eigenvalue weighted by molar-refractivity contribution is 5.98. The van der Waals surface area contributed by atoms with Crippen LogP contribution in [0.15, 0.2) is 24.3 Å². The lowest BCUT2D eigenvalue weighted by atomic mass is 10.2. The molecule has 0 aromatic heterocycles. The minimum absolute atomic E-state index is 0.133. The second-order valence-electron chi connectivity index (χ2n) is 5.57. The number of anilines is 1. The van der Waals surface area contributed by atoms with Gasteiger partial charge in [-0.05, 0) is 38.1 Å². The average molecular weight is 289 g/mol. The van der Waals surface area contributed by atoms with E-state index in [0.29, 0.717) is 0 Å². The van der Waals surface area contributed by atoms with Crippen LogP contribution in [0.3, 0.4) is 0 Å². The molecule has 116 valence electrons. The number of nitrogens with zero attached hydrogens (tertiary/aromatic N) is 2. The largest absolute Gasteiger partial charge is 0.310 e. The van der Waals surface area contributed by atoms with Gasteiger partial charge in [0.1, 0.15) is 0 Å². The summed E-state index contributed by atoms with van der Waals surface area (Å²) in [5, 5.41) is 3.36. The Balaban J connectivity index is 1.86. The summed E-state index contributed by atoms with van der Waals surface area (Å²) in [5.41, 5.74) is 2.36. The van der Waals surface area contributed by atoms with Crippen molar-refractivity contribution in [1.82, 2.24) is 10.2 Å². The first-order chi connectivity index (χ1) is 10.2. The lowest BCUT2D eigenvalue weighted by molar-refractivity contribution is -0.120. The Morgan fingerprint density at radius 1 is 1.33 bits per heavy atom. The molecule has 1 aromatic rings. The van der Waals surface area contributed by atoms with Crippen LogP contribution in [0.25, 0.3) is 0 Å². The van der Waals surface area contributed by atoms with Crippen molar-refractivity contribution in [2.75, 3.05) is 37.6 Å². The Bertz CT molecular complexity index is 471. The molecule has 0 saturated carbocycles. The minimum atomic E-state index is -0.133. The van der Waals surface area contributed by atoms with E-state index in [2.05, 4.69) is 30.1 Å².